The van der Waals surface area contributed by atoms with Crippen LogP contribution in [0.1, 0.15) is 26.3 Å². The third-order valence-corrected chi connectivity index (χ3v) is 4.60. The number of carbonyl (C=O) groups excluding carboxylic acids is 2. The molecule has 3 aromatic rings. The van der Waals surface area contributed by atoms with E-state index in [1.54, 1.807) is 36.4 Å². The van der Waals surface area contributed by atoms with Crippen molar-refractivity contribution in [2.24, 2.45) is 5.10 Å². The monoisotopic (exact) mass is 456 g/mol. The van der Waals surface area contributed by atoms with E-state index in [1.807, 2.05) is 0 Å². The van der Waals surface area contributed by atoms with Crippen LogP contribution in [0.4, 0.5) is 11.4 Å². The van der Waals surface area contributed by atoms with E-state index in [0.29, 0.717) is 21.3 Å². The summed E-state index contributed by atoms with van der Waals surface area (Å²) < 4.78 is 0. The van der Waals surface area contributed by atoms with Crippen molar-refractivity contribution in [1.82, 2.24) is 5.43 Å². The van der Waals surface area contributed by atoms with Crippen LogP contribution in [0.2, 0.25) is 10.0 Å². The molecule has 2 amide bonds. The molecule has 0 aromatic heterocycles. The van der Waals surface area contributed by atoms with E-state index in [9.17, 15) is 19.7 Å². The van der Waals surface area contributed by atoms with E-state index < -0.39 is 16.7 Å². The Morgan fingerprint density at radius 1 is 0.935 bits per heavy atom. The van der Waals surface area contributed by atoms with Crippen LogP contribution in [0.25, 0.3) is 0 Å². The summed E-state index contributed by atoms with van der Waals surface area (Å²) in [5, 5.41) is 18.2. The summed E-state index contributed by atoms with van der Waals surface area (Å²) in [6, 6.07) is 16.4. The molecule has 31 heavy (non-hydrogen) atoms. The summed E-state index contributed by atoms with van der Waals surface area (Å²) in [6.45, 7) is 0. The first-order valence-corrected chi connectivity index (χ1v) is 9.53. The van der Waals surface area contributed by atoms with E-state index >= 15 is 0 Å². The van der Waals surface area contributed by atoms with Gasteiger partial charge in [-0.15, -0.1) is 0 Å². The number of nitro groups is 1. The van der Waals surface area contributed by atoms with Gasteiger partial charge < -0.3 is 5.32 Å². The number of nitro benzene ring substituents is 1. The smallest absolute Gasteiger partial charge is 0.271 e. The maximum absolute atomic E-state index is 12.4. The molecular weight excluding hydrogens is 443 g/mol. The van der Waals surface area contributed by atoms with Crippen LogP contribution in [0.5, 0.6) is 0 Å². The zero-order valence-electron chi connectivity index (χ0n) is 15.7. The molecule has 2 N–H and O–H groups in total. The molecule has 0 atom stereocenters. The van der Waals surface area contributed by atoms with Crippen molar-refractivity contribution in [3.05, 3.63) is 104 Å². The standard InChI is InChI=1S/C21H14Cl2N4O4/c22-16-8-7-15(19(23)11-16)12-24-26-21(29)13-3-1-5-17(9-13)25-20(28)14-4-2-6-18(10-14)27(30)31/h1-12H,(H,25,28)(H,26,29)/b24-12-. The summed E-state index contributed by atoms with van der Waals surface area (Å²) in [7, 11) is 0. The van der Waals surface area contributed by atoms with E-state index in [0.717, 1.165) is 0 Å². The van der Waals surface area contributed by atoms with Crippen LogP contribution in [0.15, 0.2) is 71.8 Å². The lowest BCUT2D eigenvalue weighted by molar-refractivity contribution is -0.384. The zero-order valence-corrected chi connectivity index (χ0v) is 17.2. The van der Waals surface area contributed by atoms with Crippen molar-refractivity contribution in [3.63, 3.8) is 0 Å². The highest BCUT2D eigenvalue weighted by Crippen LogP contribution is 2.19. The Kier molecular flexibility index (Phi) is 6.96. The van der Waals surface area contributed by atoms with Gasteiger partial charge in [-0.05, 0) is 36.4 Å². The van der Waals surface area contributed by atoms with Crippen molar-refractivity contribution >= 4 is 52.6 Å². The van der Waals surface area contributed by atoms with Crippen molar-refractivity contribution in [2.45, 2.75) is 0 Å². The number of carbonyl (C=O) groups is 2. The van der Waals surface area contributed by atoms with Crippen LogP contribution < -0.4 is 10.7 Å². The zero-order chi connectivity index (χ0) is 22.4. The van der Waals surface area contributed by atoms with Gasteiger partial charge in [0.1, 0.15) is 0 Å². The Balaban J connectivity index is 1.67. The number of amides is 2. The number of nitrogens with one attached hydrogen (secondary N) is 2. The molecule has 0 radical (unpaired) electrons. The van der Waals surface area contributed by atoms with Crippen molar-refractivity contribution < 1.29 is 14.5 Å². The summed E-state index contributed by atoms with van der Waals surface area (Å²) in [6.07, 6.45) is 1.38. The highest BCUT2D eigenvalue weighted by molar-refractivity contribution is 6.36. The largest absolute Gasteiger partial charge is 0.322 e. The lowest BCUT2D eigenvalue weighted by Gasteiger charge is -2.07. The summed E-state index contributed by atoms with van der Waals surface area (Å²) in [4.78, 5) is 35.0. The van der Waals surface area contributed by atoms with Gasteiger partial charge in [0.05, 0.1) is 16.2 Å². The predicted molar refractivity (Wildman–Crippen MR) is 119 cm³/mol. The summed E-state index contributed by atoms with van der Waals surface area (Å²) in [5.41, 5.74) is 3.46. The normalized spacial score (nSPS) is 10.6. The molecular formula is C21H14Cl2N4O4. The van der Waals surface area contributed by atoms with Crippen LogP contribution in [0, 0.1) is 10.1 Å². The number of hydrazone groups is 1. The molecule has 0 bridgehead atoms. The number of benzene rings is 3. The number of rotatable bonds is 6. The van der Waals surface area contributed by atoms with Crippen molar-refractivity contribution in [2.75, 3.05) is 5.32 Å². The first-order chi connectivity index (χ1) is 14.8. The number of hydrogen-bond acceptors (Lipinski definition) is 5. The highest BCUT2D eigenvalue weighted by Gasteiger charge is 2.13. The minimum Gasteiger partial charge on any atom is -0.322 e. The topological polar surface area (TPSA) is 114 Å². The Morgan fingerprint density at radius 3 is 2.35 bits per heavy atom. The minimum atomic E-state index is -0.584. The fourth-order valence-corrected chi connectivity index (χ4v) is 2.99. The number of hydrogen-bond donors (Lipinski definition) is 2. The molecule has 156 valence electrons. The lowest BCUT2D eigenvalue weighted by atomic mass is 10.1. The number of nitrogens with zero attached hydrogens (tertiary/aromatic N) is 2. The second kappa shape index (κ2) is 9.84. The van der Waals surface area contributed by atoms with Crippen molar-refractivity contribution in [3.8, 4) is 0 Å². The highest BCUT2D eigenvalue weighted by atomic mass is 35.5. The van der Waals surface area contributed by atoms with Crippen LogP contribution in [-0.4, -0.2) is 23.0 Å². The van der Waals surface area contributed by atoms with Gasteiger partial charge in [0.15, 0.2) is 0 Å². The van der Waals surface area contributed by atoms with Gasteiger partial charge in [0, 0.05) is 39.5 Å². The van der Waals surface area contributed by atoms with Gasteiger partial charge in [-0.2, -0.15) is 5.10 Å². The summed E-state index contributed by atoms with van der Waals surface area (Å²) in [5.74, 6) is -1.05. The average molecular weight is 457 g/mol. The Bertz CT molecular complexity index is 1200. The molecule has 3 rings (SSSR count). The molecule has 0 fully saturated rings. The second-order valence-corrected chi connectivity index (χ2v) is 7.05. The Hall–Kier alpha value is -3.75. The van der Waals surface area contributed by atoms with E-state index in [4.69, 9.17) is 23.2 Å². The molecule has 0 heterocycles. The molecule has 0 unspecified atom stereocenters. The first-order valence-electron chi connectivity index (χ1n) is 8.78. The van der Waals surface area contributed by atoms with Gasteiger partial charge in [-0.25, -0.2) is 5.43 Å². The fourth-order valence-electron chi connectivity index (χ4n) is 2.53. The molecule has 0 saturated heterocycles. The van der Waals surface area contributed by atoms with E-state index in [2.05, 4.69) is 15.8 Å². The molecule has 0 spiro atoms. The SMILES string of the molecule is O=C(N/N=C\c1ccc(Cl)cc1Cl)c1cccc(NC(=O)c2cccc([N+](=O)[O-])c2)c1. The van der Waals surface area contributed by atoms with Gasteiger partial charge in [0.2, 0.25) is 0 Å². The molecule has 10 heteroatoms. The van der Waals surface area contributed by atoms with Crippen LogP contribution in [0.3, 0.4) is 0 Å². The molecule has 0 aliphatic heterocycles. The number of halogens is 2. The average Bonchev–Trinajstić information content (AvgIpc) is 2.75. The molecule has 0 aliphatic carbocycles. The maximum Gasteiger partial charge on any atom is 0.271 e. The number of non-ortho nitro benzene ring substituents is 1. The van der Waals surface area contributed by atoms with Gasteiger partial charge >= 0.3 is 0 Å². The van der Waals surface area contributed by atoms with E-state index in [1.165, 1.54) is 36.5 Å². The second-order valence-electron chi connectivity index (χ2n) is 6.21. The predicted octanol–water partition coefficient (Wildman–Crippen LogP) is 4.92. The van der Waals surface area contributed by atoms with E-state index in [-0.39, 0.29) is 16.8 Å². The third-order valence-electron chi connectivity index (χ3n) is 4.03. The summed E-state index contributed by atoms with van der Waals surface area (Å²) >= 11 is 11.9. The first kappa shape index (κ1) is 21.9. The Labute approximate surface area is 186 Å². The molecule has 0 aliphatic rings. The van der Waals surface area contributed by atoms with Gasteiger partial charge in [0.25, 0.3) is 17.5 Å². The maximum atomic E-state index is 12.4. The fraction of sp³-hybridized carbons (Fsp3) is 0. The molecule has 8 nitrogen and oxygen atoms in total. The molecule has 3 aromatic carbocycles. The van der Waals surface area contributed by atoms with Gasteiger partial charge in [-0.3, -0.25) is 19.7 Å². The third kappa shape index (κ3) is 5.88. The molecule has 0 saturated carbocycles. The van der Waals surface area contributed by atoms with Gasteiger partial charge in [-0.1, -0.05) is 41.4 Å². The minimum absolute atomic E-state index is 0.119. The Morgan fingerprint density at radius 2 is 1.65 bits per heavy atom. The lowest BCUT2D eigenvalue weighted by Crippen LogP contribution is -2.18. The number of anilines is 1. The van der Waals surface area contributed by atoms with Crippen LogP contribution >= 0.6 is 23.2 Å². The van der Waals surface area contributed by atoms with Crippen molar-refractivity contribution in [1.29, 1.82) is 0 Å². The van der Waals surface area contributed by atoms with Crippen LogP contribution in [-0.2, 0) is 0 Å². The quantitative estimate of drug-likeness (QED) is 0.311.